The van der Waals surface area contributed by atoms with Gasteiger partial charge in [-0.25, -0.2) is 0 Å². The van der Waals surface area contributed by atoms with Gasteiger partial charge in [-0.3, -0.25) is 10.1 Å². The Morgan fingerprint density at radius 2 is 1.90 bits per heavy atom. The maximum absolute atomic E-state index is 10.9. The van der Waals surface area contributed by atoms with Crippen molar-refractivity contribution in [2.75, 3.05) is 0 Å². The van der Waals surface area contributed by atoms with Gasteiger partial charge in [-0.05, 0) is 38.0 Å². The van der Waals surface area contributed by atoms with E-state index in [4.69, 9.17) is 0 Å². The molecule has 0 spiro atoms. The van der Waals surface area contributed by atoms with Crippen LogP contribution in [0.25, 0.3) is 0 Å². The zero-order chi connectivity index (χ0) is 14.7. The van der Waals surface area contributed by atoms with Gasteiger partial charge in [-0.1, -0.05) is 12.1 Å². The number of nitrogens with zero attached hydrogens (tertiary/aromatic N) is 1. The fraction of sp³-hybridized carbons (Fsp3) is 0.333. The van der Waals surface area contributed by atoms with Crippen LogP contribution in [0.2, 0.25) is 0 Å². The van der Waals surface area contributed by atoms with Crippen LogP contribution in [-0.4, -0.2) is 4.92 Å². The van der Waals surface area contributed by atoms with Crippen LogP contribution < -0.4 is 5.32 Å². The molecule has 0 aliphatic heterocycles. The van der Waals surface area contributed by atoms with Crippen LogP contribution in [0.5, 0.6) is 0 Å². The lowest BCUT2D eigenvalue weighted by Crippen LogP contribution is -2.12. The summed E-state index contributed by atoms with van der Waals surface area (Å²) in [7, 11) is 0. The van der Waals surface area contributed by atoms with Gasteiger partial charge < -0.3 is 5.32 Å². The number of rotatable bonds is 5. The summed E-state index contributed by atoms with van der Waals surface area (Å²) >= 11 is 1.79. The zero-order valence-corrected chi connectivity index (χ0v) is 12.7. The molecule has 20 heavy (non-hydrogen) atoms. The second-order valence-electron chi connectivity index (χ2n) is 4.93. The van der Waals surface area contributed by atoms with Gasteiger partial charge in [0.1, 0.15) is 0 Å². The van der Waals surface area contributed by atoms with E-state index in [-0.39, 0.29) is 10.6 Å². The van der Waals surface area contributed by atoms with Crippen molar-refractivity contribution in [3.8, 4) is 0 Å². The van der Waals surface area contributed by atoms with Crippen molar-refractivity contribution < 1.29 is 4.92 Å². The van der Waals surface area contributed by atoms with Gasteiger partial charge in [0, 0.05) is 34.5 Å². The number of nitro benzene ring substituents is 1. The Hall–Kier alpha value is -1.72. The van der Waals surface area contributed by atoms with Crippen molar-refractivity contribution in [3.63, 3.8) is 0 Å². The van der Waals surface area contributed by atoms with Gasteiger partial charge in [-0.15, -0.1) is 11.3 Å². The summed E-state index contributed by atoms with van der Waals surface area (Å²) in [5, 5.41) is 14.2. The van der Waals surface area contributed by atoms with Crippen molar-refractivity contribution in [3.05, 3.63) is 60.8 Å². The van der Waals surface area contributed by atoms with Gasteiger partial charge in [0.15, 0.2) is 0 Å². The Morgan fingerprint density at radius 1 is 1.15 bits per heavy atom. The summed E-state index contributed by atoms with van der Waals surface area (Å²) < 4.78 is 0. The second-order valence-corrected chi connectivity index (χ2v) is 6.27. The predicted octanol–water partition coefficient (Wildman–Crippen LogP) is 3.87. The van der Waals surface area contributed by atoms with E-state index >= 15 is 0 Å². The second kappa shape index (κ2) is 6.15. The molecule has 106 valence electrons. The molecule has 0 amide bonds. The monoisotopic (exact) mass is 290 g/mol. The van der Waals surface area contributed by atoms with Crippen molar-refractivity contribution in [1.82, 2.24) is 5.32 Å². The van der Waals surface area contributed by atoms with E-state index < -0.39 is 0 Å². The molecule has 0 radical (unpaired) electrons. The molecule has 2 aromatic rings. The van der Waals surface area contributed by atoms with Gasteiger partial charge in [0.25, 0.3) is 5.69 Å². The molecule has 5 heteroatoms. The lowest BCUT2D eigenvalue weighted by Gasteiger charge is -2.05. The van der Waals surface area contributed by atoms with E-state index in [1.807, 2.05) is 6.07 Å². The standard InChI is InChI=1S/C15H18N2O2S/c1-10-4-5-13(7-15(10)17(18)19)8-16-9-14-6-11(2)12(3)20-14/h4-7,16H,8-9H2,1-3H3. The Morgan fingerprint density at radius 3 is 2.50 bits per heavy atom. The Balaban J connectivity index is 1.97. The molecule has 1 aromatic heterocycles. The van der Waals surface area contributed by atoms with Crippen LogP contribution in [0.4, 0.5) is 5.69 Å². The number of thiophene rings is 1. The number of benzene rings is 1. The molecule has 0 unspecified atom stereocenters. The molecule has 2 rings (SSSR count). The molecule has 0 aliphatic rings. The third-order valence-corrected chi connectivity index (χ3v) is 4.47. The Labute approximate surface area is 122 Å². The summed E-state index contributed by atoms with van der Waals surface area (Å²) in [6.07, 6.45) is 0. The molecular formula is C15H18N2O2S. The van der Waals surface area contributed by atoms with Gasteiger partial charge in [0.2, 0.25) is 0 Å². The fourth-order valence-corrected chi connectivity index (χ4v) is 3.05. The quantitative estimate of drug-likeness (QED) is 0.671. The lowest BCUT2D eigenvalue weighted by atomic mass is 10.1. The predicted molar refractivity (Wildman–Crippen MR) is 82.2 cm³/mol. The summed E-state index contributed by atoms with van der Waals surface area (Å²) in [4.78, 5) is 13.2. The van der Waals surface area contributed by atoms with E-state index in [0.29, 0.717) is 12.1 Å². The van der Waals surface area contributed by atoms with E-state index in [1.54, 1.807) is 30.4 Å². The summed E-state index contributed by atoms with van der Waals surface area (Å²) in [5.74, 6) is 0. The number of hydrogen-bond donors (Lipinski definition) is 1. The summed E-state index contributed by atoms with van der Waals surface area (Å²) in [5.41, 5.74) is 3.14. The van der Waals surface area contributed by atoms with E-state index in [0.717, 1.165) is 12.1 Å². The molecule has 1 N–H and O–H groups in total. The highest BCUT2D eigenvalue weighted by atomic mass is 32.1. The van der Waals surface area contributed by atoms with Crippen LogP contribution >= 0.6 is 11.3 Å². The van der Waals surface area contributed by atoms with Crippen molar-refractivity contribution in [2.24, 2.45) is 0 Å². The summed E-state index contributed by atoms with van der Waals surface area (Å²) in [6, 6.07) is 7.56. The molecule has 1 aromatic carbocycles. The lowest BCUT2D eigenvalue weighted by molar-refractivity contribution is -0.385. The van der Waals surface area contributed by atoms with Crippen LogP contribution in [0, 0.1) is 30.9 Å². The smallest absolute Gasteiger partial charge is 0.272 e. The van der Waals surface area contributed by atoms with Crippen LogP contribution in [-0.2, 0) is 13.1 Å². The number of nitrogens with one attached hydrogen (secondary N) is 1. The van der Waals surface area contributed by atoms with Crippen molar-refractivity contribution in [2.45, 2.75) is 33.9 Å². The number of hydrogen-bond acceptors (Lipinski definition) is 4. The highest BCUT2D eigenvalue weighted by molar-refractivity contribution is 7.12. The van der Waals surface area contributed by atoms with E-state index in [1.165, 1.54) is 15.3 Å². The highest BCUT2D eigenvalue weighted by Gasteiger charge is 2.10. The molecule has 1 heterocycles. The maximum Gasteiger partial charge on any atom is 0.272 e. The number of aryl methyl sites for hydroxylation is 3. The third-order valence-electron chi connectivity index (χ3n) is 3.32. The first-order chi connectivity index (χ1) is 9.47. The van der Waals surface area contributed by atoms with Gasteiger partial charge >= 0.3 is 0 Å². The molecule has 0 aliphatic carbocycles. The average Bonchev–Trinajstić information content (AvgIpc) is 2.70. The van der Waals surface area contributed by atoms with Crippen molar-refractivity contribution in [1.29, 1.82) is 0 Å². The third kappa shape index (κ3) is 3.43. The number of nitro groups is 1. The van der Waals surface area contributed by atoms with Crippen LogP contribution in [0.3, 0.4) is 0 Å². The molecule has 0 atom stereocenters. The first-order valence-corrected chi connectivity index (χ1v) is 7.29. The molecule has 0 saturated heterocycles. The Bertz CT molecular complexity index is 615. The molecule has 0 bridgehead atoms. The zero-order valence-electron chi connectivity index (χ0n) is 11.9. The normalized spacial score (nSPS) is 10.8. The van der Waals surface area contributed by atoms with E-state index in [9.17, 15) is 10.1 Å². The first kappa shape index (κ1) is 14.7. The molecule has 0 saturated carbocycles. The fourth-order valence-electron chi connectivity index (χ4n) is 2.03. The van der Waals surface area contributed by atoms with Crippen LogP contribution in [0.15, 0.2) is 24.3 Å². The molecule has 4 nitrogen and oxygen atoms in total. The largest absolute Gasteiger partial charge is 0.308 e. The minimum absolute atomic E-state index is 0.187. The maximum atomic E-state index is 10.9. The Kier molecular flexibility index (Phi) is 4.52. The van der Waals surface area contributed by atoms with Gasteiger partial charge in [-0.2, -0.15) is 0 Å². The first-order valence-electron chi connectivity index (χ1n) is 6.48. The molecule has 0 fully saturated rings. The topological polar surface area (TPSA) is 55.2 Å². The average molecular weight is 290 g/mol. The summed E-state index contributed by atoms with van der Waals surface area (Å²) in [6.45, 7) is 7.41. The van der Waals surface area contributed by atoms with Crippen LogP contribution in [0.1, 0.15) is 26.4 Å². The molecular weight excluding hydrogens is 272 g/mol. The highest BCUT2D eigenvalue weighted by Crippen LogP contribution is 2.21. The van der Waals surface area contributed by atoms with E-state index in [2.05, 4.69) is 25.2 Å². The van der Waals surface area contributed by atoms with Crippen molar-refractivity contribution >= 4 is 17.0 Å². The van der Waals surface area contributed by atoms with Gasteiger partial charge in [0.05, 0.1) is 4.92 Å². The SMILES string of the molecule is Cc1ccc(CNCc2cc(C)c(C)s2)cc1[N+](=O)[O-]. The minimum atomic E-state index is -0.329. The minimum Gasteiger partial charge on any atom is -0.308 e.